The lowest BCUT2D eigenvalue weighted by Gasteiger charge is -2.39. The van der Waals surface area contributed by atoms with E-state index in [2.05, 4.69) is 23.9 Å². The first-order valence-electron chi connectivity index (χ1n) is 6.23. The highest BCUT2D eigenvalue weighted by Crippen LogP contribution is 2.17. The van der Waals surface area contributed by atoms with Gasteiger partial charge in [0.25, 0.3) is 5.91 Å². The van der Waals surface area contributed by atoms with Gasteiger partial charge in [0, 0.05) is 31.9 Å². The number of halogens is 1. The lowest BCUT2D eigenvalue weighted by Crippen LogP contribution is -2.53. The van der Waals surface area contributed by atoms with Gasteiger partial charge in [-0.1, -0.05) is 18.5 Å². The van der Waals surface area contributed by atoms with E-state index in [9.17, 15) is 4.79 Å². The minimum absolute atomic E-state index is 0.0142. The predicted molar refractivity (Wildman–Crippen MR) is 71.9 cm³/mol. The molecule has 0 bridgehead atoms. The summed E-state index contributed by atoms with van der Waals surface area (Å²) in [5.41, 5.74) is 0.499. The molecule has 0 aliphatic carbocycles. The fourth-order valence-electron chi connectivity index (χ4n) is 2.29. The third kappa shape index (κ3) is 2.65. The largest absolute Gasteiger partial charge is 0.336 e. The standard InChI is InChI=1S/C13H18ClN3O/c1-3-10-9-17(8-7-16(10)2)13(18)11-5-4-6-15-12(11)14/h4-6,10H,3,7-9H2,1-2H3. The van der Waals surface area contributed by atoms with Gasteiger partial charge in [-0.15, -0.1) is 0 Å². The average molecular weight is 268 g/mol. The smallest absolute Gasteiger partial charge is 0.257 e. The van der Waals surface area contributed by atoms with Gasteiger partial charge in [-0.25, -0.2) is 4.98 Å². The molecule has 18 heavy (non-hydrogen) atoms. The van der Waals surface area contributed by atoms with Gasteiger partial charge >= 0.3 is 0 Å². The summed E-state index contributed by atoms with van der Waals surface area (Å²) in [6.07, 6.45) is 2.64. The number of aromatic nitrogens is 1. The molecule has 1 saturated heterocycles. The minimum atomic E-state index is -0.0142. The molecule has 1 atom stereocenters. The van der Waals surface area contributed by atoms with E-state index >= 15 is 0 Å². The van der Waals surface area contributed by atoms with Crippen LogP contribution < -0.4 is 0 Å². The fourth-order valence-corrected chi connectivity index (χ4v) is 2.49. The molecule has 5 heteroatoms. The first-order valence-corrected chi connectivity index (χ1v) is 6.61. The van der Waals surface area contributed by atoms with Crippen LogP contribution in [-0.4, -0.2) is 53.4 Å². The maximum absolute atomic E-state index is 12.4. The van der Waals surface area contributed by atoms with Crippen molar-refractivity contribution in [2.24, 2.45) is 0 Å². The Balaban J connectivity index is 2.13. The summed E-state index contributed by atoms with van der Waals surface area (Å²) in [6, 6.07) is 3.90. The van der Waals surface area contributed by atoms with E-state index in [4.69, 9.17) is 11.6 Å². The Morgan fingerprint density at radius 1 is 1.56 bits per heavy atom. The first-order chi connectivity index (χ1) is 8.63. The van der Waals surface area contributed by atoms with Crippen LogP contribution in [0.1, 0.15) is 23.7 Å². The van der Waals surface area contributed by atoms with E-state index in [-0.39, 0.29) is 11.1 Å². The van der Waals surface area contributed by atoms with Crippen molar-refractivity contribution in [3.8, 4) is 0 Å². The van der Waals surface area contributed by atoms with Crippen LogP contribution in [0.2, 0.25) is 5.15 Å². The summed E-state index contributed by atoms with van der Waals surface area (Å²) >= 11 is 5.97. The molecule has 98 valence electrons. The maximum Gasteiger partial charge on any atom is 0.257 e. The Morgan fingerprint density at radius 2 is 2.33 bits per heavy atom. The van der Waals surface area contributed by atoms with Crippen LogP contribution in [0.4, 0.5) is 0 Å². The highest BCUT2D eigenvalue weighted by Gasteiger charge is 2.27. The molecule has 0 spiro atoms. The first kappa shape index (κ1) is 13.3. The normalized spacial score (nSPS) is 21.1. The predicted octanol–water partition coefficient (Wildman–Crippen LogP) is 1.90. The van der Waals surface area contributed by atoms with Gasteiger partial charge in [0.05, 0.1) is 5.56 Å². The average Bonchev–Trinajstić information content (AvgIpc) is 2.39. The number of nitrogens with zero attached hydrogens (tertiary/aromatic N) is 3. The molecule has 0 N–H and O–H groups in total. The van der Waals surface area contributed by atoms with E-state index in [1.807, 2.05) is 4.90 Å². The summed E-state index contributed by atoms with van der Waals surface area (Å²) in [5, 5.41) is 0.287. The molecule has 1 amide bonds. The van der Waals surface area contributed by atoms with Gasteiger partial charge in [0.1, 0.15) is 5.15 Å². The minimum Gasteiger partial charge on any atom is -0.336 e. The Kier molecular flexibility index (Phi) is 4.19. The molecule has 0 radical (unpaired) electrons. The van der Waals surface area contributed by atoms with Gasteiger partial charge in [0.2, 0.25) is 0 Å². The zero-order valence-electron chi connectivity index (χ0n) is 10.8. The molecule has 2 heterocycles. The molecular formula is C13H18ClN3O. The molecule has 2 rings (SSSR count). The molecule has 1 fully saturated rings. The van der Waals surface area contributed by atoms with E-state index in [0.29, 0.717) is 11.6 Å². The SMILES string of the molecule is CCC1CN(C(=O)c2cccnc2Cl)CCN1C. The molecule has 0 saturated carbocycles. The summed E-state index contributed by atoms with van der Waals surface area (Å²) in [4.78, 5) is 20.5. The van der Waals surface area contributed by atoms with Gasteiger partial charge in [-0.2, -0.15) is 0 Å². The van der Waals surface area contributed by atoms with Crippen LogP contribution in [0.25, 0.3) is 0 Å². The van der Waals surface area contributed by atoms with E-state index < -0.39 is 0 Å². The number of hydrogen-bond acceptors (Lipinski definition) is 3. The lowest BCUT2D eigenvalue weighted by atomic mass is 10.1. The Morgan fingerprint density at radius 3 is 3.00 bits per heavy atom. The van der Waals surface area contributed by atoms with Crippen molar-refractivity contribution in [2.75, 3.05) is 26.7 Å². The summed E-state index contributed by atoms with van der Waals surface area (Å²) in [6.45, 7) is 4.56. The third-order valence-electron chi connectivity index (χ3n) is 3.53. The topological polar surface area (TPSA) is 36.4 Å². The van der Waals surface area contributed by atoms with Crippen LogP contribution in [-0.2, 0) is 0 Å². The molecule has 1 aliphatic rings. The lowest BCUT2D eigenvalue weighted by molar-refractivity contribution is 0.0541. The third-order valence-corrected chi connectivity index (χ3v) is 3.83. The van der Waals surface area contributed by atoms with Gasteiger partial charge in [-0.05, 0) is 25.6 Å². The van der Waals surface area contributed by atoms with Crippen molar-refractivity contribution in [3.63, 3.8) is 0 Å². The molecular weight excluding hydrogens is 250 g/mol. The second-order valence-corrected chi connectivity index (χ2v) is 4.99. The highest BCUT2D eigenvalue weighted by molar-refractivity contribution is 6.32. The van der Waals surface area contributed by atoms with Crippen molar-refractivity contribution < 1.29 is 4.79 Å². The van der Waals surface area contributed by atoms with E-state index in [1.165, 1.54) is 0 Å². The number of pyridine rings is 1. The number of likely N-dealkylation sites (N-methyl/N-ethyl adjacent to an activating group) is 1. The Labute approximate surface area is 113 Å². The van der Waals surface area contributed by atoms with E-state index in [0.717, 1.165) is 26.1 Å². The van der Waals surface area contributed by atoms with Crippen molar-refractivity contribution in [3.05, 3.63) is 29.0 Å². The van der Waals surface area contributed by atoms with Gasteiger partial charge < -0.3 is 4.90 Å². The summed E-state index contributed by atoms with van der Waals surface area (Å²) in [7, 11) is 2.10. The van der Waals surface area contributed by atoms with Crippen LogP contribution >= 0.6 is 11.6 Å². The number of hydrogen-bond donors (Lipinski definition) is 0. The van der Waals surface area contributed by atoms with Crippen molar-refractivity contribution >= 4 is 17.5 Å². The molecule has 4 nitrogen and oxygen atoms in total. The second-order valence-electron chi connectivity index (χ2n) is 4.64. The zero-order chi connectivity index (χ0) is 13.1. The number of piperazine rings is 1. The van der Waals surface area contributed by atoms with Crippen LogP contribution in [0.15, 0.2) is 18.3 Å². The maximum atomic E-state index is 12.4. The van der Waals surface area contributed by atoms with Crippen LogP contribution in [0.3, 0.4) is 0 Å². The Hall–Kier alpha value is -1.13. The van der Waals surface area contributed by atoms with Crippen molar-refractivity contribution in [2.45, 2.75) is 19.4 Å². The summed E-state index contributed by atoms with van der Waals surface area (Å²) < 4.78 is 0. The number of amides is 1. The van der Waals surface area contributed by atoms with Gasteiger partial charge in [-0.3, -0.25) is 9.69 Å². The highest BCUT2D eigenvalue weighted by atomic mass is 35.5. The molecule has 1 aromatic rings. The van der Waals surface area contributed by atoms with Gasteiger partial charge in [0.15, 0.2) is 0 Å². The molecule has 0 aromatic carbocycles. The number of carbonyl (C=O) groups excluding carboxylic acids is 1. The summed E-state index contributed by atoms with van der Waals surface area (Å²) in [5.74, 6) is -0.0142. The molecule has 1 aliphatic heterocycles. The molecule has 1 aromatic heterocycles. The fraction of sp³-hybridized carbons (Fsp3) is 0.538. The second kappa shape index (κ2) is 5.67. The van der Waals surface area contributed by atoms with Crippen LogP contribution in [0, 0.1) is 0 Å². The van der Waals surface area contributed by atoms with Crippen LogP contribution in [0.5, 0.6) is 0 Å². The zero-order valence-corrected chi connectivity index (χ0v) is 11.5. The molecule has 1 unspecified atom stereocenters. The Bertz CT molecular complexity index is 438. The van der Waals surface area contributed by atoms with E-state index in [1.54, 1.807) is 18.3 Å². The van der Waals surface area contributed by atoms with Crippen molar-refractivity contribution in [1.29, 1.82) is 0 Å². The quantitative estimate of drug-likeness (QED) is 0.768. The van der Waals surface area contributed by atoms with Crippen molar-refractivity contribution in [1.82, 2.24) is 14.8 Å². The monoisotopic (exact) mass is 267 g/mol. The number of rotatable bonds is 2. The number of carbonyl (C=O) groups is 1.